The molecule has 0 spiro atoms. The number of likely N-dealkylation sites (tertiary alicyclic amines) is 1. The summed E-state index contributed by atoms with van der Waals surface area (Å²) in [6.07, 6.45) is 4.74. The number of amides is 1. The number of oxazole rings is 1. The van der Waals surface area contributed by atoms with Crippen LogP contribution in [0.25, 0.3) is 0 Å². The van der Waals surface area contributed by atoms with E-state index in [0.717, 1.165) is 18.5 Å². The Kier molecular flexibility index (Phi) is 3.59. The predicted octanol–water partition coefficient (Wildman–Crippen LogP) is 2.79. The number of hydrogen-bond donors (Lipinski definition) is 0. The molecule has 0 aromatic carbocycles. The van der Waals surface area contributed by atoms with Crippen molar-refractivity contribution >= 4 is 6.09 Å². The van der Waals surface area contributed by atoms with E-state index in [1.54, 1.807) is 11.2 Å². The van der Waals surface area contributed by atoms with Gasteiger partial charge in [-0.15, -0.1) is 0 Å². The smallest absolute Gasteiger partial charge is 0.410 e. The molecule has 1 aliphatic rings. The third kappa shape index (κ3) is 3.24. The average Bonchev–Trinajstić information content (AvgIpc) is 2.80. The molecular weight excluding hydrogens is 232 g/mol. The molecule has 5 nitrogen and oxygen atoms in total. The monoisotopic (exact) mass is 252 g/mol. The van der Waals surface area contributed by atoms with E-state index in [2.05, 4.69) is 4.98 Å². The van der Waals surface area contributed by atoms with Crippen molar-refractivity contribution in [3.05, 3.63) is 18.4 Å². The summed E-state index contributed by atoms with van der Waals surface area (Å²) in [5.41, 5.74) is 0.555. The van der Waals surface area contributed by atoms with Crippen LogP contribution in [-0.2, 0) is 4.74 Å². The molecule has 1 aliphatic heterocycles. The summed E-state index contributed by atoms with van der Waals surface area (Å²) >= 11 is 0. The number of carbonyl (C=O) groups excluding carboxylic acids is 1. The molecule has 0 bridgehead atoms. The van der Waals surface area contributed by atoms with Gasteiger partial charge in [-0.2, -0.15) is 0 Å². The van der Waals surface area contributed by atoms with Crippen molar-refractivity contribution < 1.29 is 13.9 Å². The molecule has 0 N–H and O–H groups in total. The fraction of sp³-hybridized carbons (Fsp3) is 0.692. The normalized spacial score (nSPS) is 17.8. The first-order valence-electron chi connectivity index (χ1n) is 6.32. The van der Waals surface area contributed by atoms with E-state index < -0.39 is 5.60 Å². The molecule has 1 aromatic heterocycles. The Bertz CT molecular complexity index is 387. The molecule has 5 heteroatoms. The topological polar surface area (TPSA) is 55.6 Å². The lowest BCUT2D eigenvalue weighted by Crippen LogP contribution is -2.41. The largest absolute Gasteiger partial charge is 0.451 e. The van der Waals surface area contributed by atoms with E-state index in [9.17, 15) is 4.79 Å². The van der Waals surface area contributed by atoms with Gasteiger partial charge in [-0.1, -0.05) is 0 Å². The van der Waals surface area contributed by atoms with Crippen LogP contribution in [0.3, 0.4) is 0 Å². The van der Waals surface area contributed by atoms with Crippen LogP contribution < -0.4 is 0 Å². The van der Waals surface area contributed by atoms with E-state index in [4.69, 9.17) is 9.15 Å². The maximum absolute atomic E-state index is 11.9. The van der Waals surface area contributed by atoms with Crippen LogP contribution in [0, 0.1) is 0 Å². The SMILES string of the molecule is CC(C)(C)OC(=O)N1CCC(c2cocn2)CC1. The van der Waals surface area contributed by atoms with Gasteiger partial charge in [-0.05, 0) is 33.6 Å². The van der Waals surface area contributed by atoms with Gasteiger partial charge in [-0.25, -0.2) is 9.78 Å². The summed E-state index contributed by atoms with van der Waals surface area (Å²) in [4.78, 5) is 17.8. The lowest BCUT2D eigenvalue weighted by molar-refractivity contribution is 0.0204. The van der Waals surface area contributed by atoms with Crippen molar-refractivity contribution in [3.8, 4) is 0 Å². The van der Waals surface area contributed by atoms with E-state index >= 15 is 0 Å². The number of piperidine rings is 1. The van der Waals surface area contributed by atoms with Crippen LogP contribution in [0.5, 0.6) is 0 Å². The first-order valence-corrected chi connectivity index (χ1v) is 6.32. The minimum absolute atomic E-state index is 0.221. The Morgan fingerprint density at radius 1 is 1.44 bits per heavy atom. The van der Waals surface area contributed by atoms with Crippen molar-refractivity contribution in [2.24, 2.45) is 0 Å². The van der Waals surface area contributed by atoms with Crippen molar-refractivity contribution in [2.45, 2.75) is 45.1 Å². The van der Waals surface area contributed by atoms with Gasteiger partial charge in [0.15, 0.2) is 6.39 Å². The second kappa shape index (κ2) is 5.00. The highest BCUT2D eigenvalue weighted by Crippen LogP contribution is 2.27. The fourth-order valence-corrected chi connectivity index (χ4v) is 2.11. The molecule has 2 rings (SSSR count). The zero-order chi connectivity index (χ0) is 13.2. The quantitative estimate of drug-likeness (QED) is 0.771. The molecule has 0 unspecified atom stereocenters. The predicted molar refractivity (Wildman–Crippen MR) is 66.3 cm³/mol. The zero-order valence-electron chi connectivity index (χ0n) is 11.2. The third-order valence-corrected chi connectivity index (χ3v) is 3.02. The fourth-order valence-electron chi connectivity index (χ4n) is 2.11. The van der Waals surface area contributed by atoms with Crippen LogP contribution in [0.4, 0.5) is 4.79 Å². The molecule has 18 heavy (non-hydrogen) atoms. The molecular formula is C13H20N2O3. The minimum Gasteiger partial charge on any atom is -0.451 e. The van der Waals surface area contributed by atoms with Crippen LogP contribution >= 0.6 is 0 Å². The maximum atomic E-state index is 11.9. The summed E-state index contributed by atoms with van der Waals surface area (Å²) in [6.45, 7) is 7.08. The minimum atomic E-state index is -0.431. The van der Waals surface area contributed by atoms with Gasteiger partial charge in [0.2, 0.25) is 0 Å². The first-order chi connectivity index (χ1) is 8.46. The van der Waals surface area contributed by atoms with Crippen LogP contribution in [0.2, 0.25) is 0 Å². The van der Waals surface area contributed by atoms with Gasteiger partial charge in [-0.3, -0.25) is 0 Å². The van der Waals surface area contributed by atoms with E-state index in [-0.39, 0.29) is 6.09 Å². The number of rotatable bonds is 1. The number of nitrogens with zero attached hydrogens (tertiary/aromatic N) is 2. The molecule has 1 saturated heterocycles. The molecule has 1 fully saturated rings. The van der Waals surface area contributed by atoms with Crippen molar-refractivity contribution in [1.29, 1.82) is 0 Å². The van der Waals surface area contributed by atoms with E-state index in [0.29, 0.717) is 19.0 Å². The summed E-state index contributed by atoms with van der Waals surface area (Å²) in [5, 5.41) is 0. The van der Waals surface area contributed by atoms with Crippen LogP contribution in [0.1, 0.15) is 45.2 Å². The second-order valence-electron chi connectivity index (χ2n) is 5.65. The molecule has 2 heterocycles. The number of ether oxygens (including phenoxy) is 1. The van der Waals surface area contributed by atoms with Crippen molar-refractivity contribution in [3.63, 3.8) is 0 Å². The van der Waals surface area contributed by atoms with Gasteiger partial charge in [0.25, 0.3) is 0 Å². The molecule has 100 valence electrons. The highest BCUT2D eigenvalue weighted by molar-refractivity contribution is 5.68. The first kappa shape index (κ1) is 12.9. The van der Waals surface area contributed by atoms with Crippen LogP contribution in [-0.4, -0.2) is 34.7 Å². The lowest BCUT2D eigenvalue weighted by atomic mass is 9.94. The Morgan fingerprint density at radius 2 is 2.11 bits per heavy atom. The van der Waals surface area contributed by atoms with E-state index in [1.165, 1.54) is 6.39 Å². The molecule has 0 radical (unpaired) electrons. The maximum Gasteiger partial charge on any atom is 0.410 e. The molecule has 1 aromatic rings. The zero-order valence-corrected chi connectivity index (χ0v) is 11.2. The standard InChI is InChI=1S/C13H20N2O3/c1-13(2,3)18-12(16)15-6-4-10(5-7-15)11-8-17-9-14-11/h8-10H,4-7H2,1-3H3. The van der Waals surface area contributed by atoms with Gasteiger partial charge in [0.05, 0.1) is 5.69 Å². The van der Waals surface area contributed by atoms with Crippen LogP contribution in [0.15, 0.2) is 17.1 Å². The Hall–Kier alpha value is -1.52. The summed E-state index contributed by atoms with van der Waals surface area (Å²) in [7, 11) is 0. The number of aromatic nitrogens is 1. The Morgan fingerprint density at radius 3 is 2.61 bits per heavy atom. The summed E-state index contributed by atoms with van der Waals surface area (Å²) in [5.74, 6) is 0.391. The molecule has 1 amide bonds. The molecule has 0 saturated carbocycles. The lowest BCUT2D eigenvalue weighted by Gasteiger charge is -2.32. The average molecular weight is 252 g/mol. The Labute approximate surface area is 107 Å². The highest BCUT2D eigenvalue weighted by atomic mass is 16.6. The molecule has 0 aliphatic carbocycles. The van der Waals surface area contributed by atoms with Crippen molar-refractivity contribution in [2.75, 3.05) is 13.1 Å². The number of hydrogen-bond acceptors (Lipinski definition) is 4. The van der Waals surface area contributed by atoms with Gasteiger partial charge >= 0.3 is 6.09 Å². The highest BCUT2D eigenvalue weighted by Gasteiger charge is 2.28. The second-order valence-corrected chi connectivity index (χ2v) is 5.65. The summed E-state index contributed by atoms with van der Waals surface area (Å²) in [6, 6.07) is 0. The summed E-state index contributed by atoms with van der Waals surface area (Å²) < 4.78 is 10.3. The van der Waals surface area contributed by atoms with Gasteiger partial charge in [0, 0.05) is 19.0 Å². The van der Waals surface area contributed by atoms with Gasteiger partial charge in [0.1, 0.15) is 11.9 Å². The van der Waals surface area contributed by atoms with E-state index in [1.807, 2.05) is 20.8 Å². The van der Waals surface area contributed by atoms with Gasteiger partial charge < -0.3 is 14.1 Å². The Balaban J connectivity index is 1.85. The third-order valence-electron chi connectivity index (χ3n) is 3.02. The number of carbonyl (C=O) groups is 1. The van der Waals surface area contributed by atoms with Crippen molar-refractivity contribution in [1.82, 2.24) is 9.88 Å². The molecule has 0 atom stereocenters.